The van der Waals surface area contributed by atoms with Gasteiger partial charge in [-0.3, -0.25) is 4.79 Å². The van der Waals surface area contributed by atoms with Gasteiger partial charge in [0, 0.05) is 31.9 Å². The van der Waals surface area contributed by atoms with E-state index < -0.39 is 0 Å². The van der Waals surface area contributed by atoms with Crippen molar-refractivity contribution in [3.8, 4) is 5.75 Å². The van der Waals surface area contributed by atoms with E-state index in [9.17, 15) is 4.79 Å². The lowest BCUT2D eigenvalue weighted by atomic mass is 10.1. The van der Waals surface area contributed by atoms with Crippen LogP contribution >= 0.6 is 36.4 Å². The molecule has 144 valence electrons. The number of nitrogen functional groups attached to an aromatic ring is 1. The number of ether oxygens (including phenoxy) is 1. The summed E-state index contributed by atoms with van der Waals surface area (Å²) in [7, 11) is 3.52. The zero-order valence-corrected chi connectivity index (χ0v) is 17.1. The van der Waals surface area contributed by atoms with E-state index in [1.54, 1.807) is 6.07 Å². The molecule has 8 heteroatoms. The molecular formula is C18H24Cl3N3O2. The molecule has 0 fully saturated rings. The number of hydrogen-bond acceptors (Lipinski definition) is 4. The van der Waals surface area contributed by atoms with Gasteiger partial charge in [-0.2, -0.15) is 0 Å². The van der Waals surface area contributed by atoms with E-state index in [0.717, 1.165) is 18.7 Å². The first-order chi connectivity index (χ1) is 11.5. The van der Waals surface area contributed by atoms with Gasteiger partial charge in [0.15, 0.2) is 0 Å². The molecule has 5 nitrogen and oxygen atoms in total. The molecule has 0 unspecified atom stereocenters. The highest BCUT2D eigenvalue weighted by Crippen LogP contribution is 2.28. The maximum Gasteiger partial charge on any atom is 0.255 e. The topological polar surface area (TPSA) is 67.6 Å². The largest absolute Gasteiger partial charge is 0.496 e. The molecule has 2 rings (SSSR count). The van der Waals surface area contributed by atoms with Crippen molar-refractivity contribution in [2.24, 2.45) is 0 Å². The third-order valence-corrected chi connectivity index (χ3v) is 4.04. The predicted molar refractivity (Wildman–Crippen MR) is 114 cm³/mol. The summed E-state index contributed by atoms with van der Waals surface area (Å²) in [6.07, 6.45) is 0.822. The minimum Gasteiger partial charge on any atom is -0.496 e. The number of anilines is 2. The molecule has 0 radical (unpaired) electrons. The van der Waals surface area contributed by atoms with Gasteiger partial charge in [0.25, 0.3) is 5.91 Å². The number of amides is 1. The molecule has 2 aromatic rings. The average Bonchev–Trinajstić information content (AvgIpc) is 2.61. The van der Waals surface area contributed by atoms with Crippen LogP contribution in [0.1, 0.15) is 16.8 Å². The Bertz CT molecular complexity index is 700. The van der Waals surface area contributed by atoms with Gasteiger partial charge in [-0.1, -0.05) is 29.8 Å². The Labute approximate surface area is 171 Å². The number of benzene rings is 2. The van der Waals surface area contributed by atoms with Gasteiger partial charge in [-0.05, 0) is 24.6 Å². The van der Waals surface area contributed by atoms with Crippen molar-refractivity contribution in [3.05, 3.63) is 53.1 Å². The van der Waals surface area contributed by atoms with Crippen LogP contribution in [0.15, 0.2) is 42.5 Å². The van der Waals surface area contributed by atoms with Crippen LogP contribution in [0.2, 0.25) is 5.02 Å². The van der Waals surface area contributed by atoms with Gasteiger partial charge in [-0.15, -0.1) is 24.8 Å². The summed E-state index contributed by atoms with van der Waals surface area (Å²) in [5.41, 5.74) is 7.64. The number of nitrogens with two attached hydrogens (primary N) is 1. The van der Waals surface area contributed by atoms with E-state index in [4.69, 9.17) is 22.1 Å². The molecule has 0 aromatic heterocycles. The van der Waals surface area contributed by atoms with Gasteiger partial charge >= 0.3 is 0 Å². The summed E-state index contributed by atoms with van der Waals surface area (Å²) in [6.45, 7) is 1.39. The van der Waals surface area contributed by atoms with Crippen molar-refractivity contribution in [2.75, 3.05) is 37.9 Å². The predicted octanol–water partition coefficient (Wildman–Crippen LogP) is 4.03. The summed E-state index contributed by atoms with van der Waals surface area (Å²) < 4.78 is 5.20. The minimum absolute atomic E-state index is 0. The Hall–Kier alpha value is -1.82. The van der Waals surface area contributed by atoms with Crippen molar-refractivity contribution in [1.82, 2.24) is 5.32 Å². The van der Waals surface area contributed by atoms with E-state index in [1.165, 1.54) is 13.2 Å². The maximum absolute atomic E-state index is 12.3. The summed E-state index contributed by atoms with van der Waals surface area (Å²) >= 11 is 5.99. The van der Waals surface area contributed by atoms with E-state index in [1.807, 2.05) is 25.2 Å². The van der Waals surface area contributed by atoms with E-state index in [2.05, 4.69) is 22.3 Å². The molecule has 2 aromatic carbocycles. The first-order valence-corrected chi connectivity index (χ1v) is 8.08. The lowest BCUT2D eigenvalue weighted by molar-refractivity contribution is 0.0950. The van der Waals surface area contributed by atoms with Gasteiger partial charge in [0.2, 0.25) is 0 Å². The summed E-state index contributed by atoms with van der Waals surface area (Å²) in [5, 5.41) is 3.22. The molecule has 0 saturated carbocycles. The van der Waals surface area contributed by atoms with Crippen molar-refractivity contribution >= 4 is 53.7 Å². The van der Waals surface area contributed by atoms with Crippen LogP contribution in [0.25, 0.3) is 0 Å². The number of hydrogen-bond donors (Lipinski definition) is 2. The maximum atomic E-state index is 12.3. The van der Waals surface area contributed by atoms with Crippen LogP contribution in [-0.2, 0) is 0 Å². The molecule has 0 aliphatic heterocycles. The van der Waals surface area contributed by atoms with Crippen molar-refractivity contribution in [1.29, 1.82) is 0 Å². The minimum atomic E-state index is -0.226. The molecule has 26 heavy (non-hydrogen) atoms. The molecule has 0 heterocycles. The number of para-hydroxylation sites is 1. The second-order valence-corrected chi connectivity index (χ2v) is 5.85. The first kappa shape index (κ1) is 24.2. The smallest absolute Gasteiger partial charge is 0.255 e. The van der Waals surface area contributed by atoms with Gasteiger partial charge in [-0.25, -0.2) is 0 Å². The fraction of sp³-hybridized carbons (Fsp3) is 0.278. The molecule has 0 spiro atoms. The van der Waals surface area contributed by atoms with Crippen molar-refractivity contribution in [2.45, 2.75) is 6.42 Å². The fourth-order valence-corrected chi connectivity index (χ4v) is 2.50. The number of rotatable bonds is 7. The first-order valence-electron chi connectivity index (χ1n) is 7.70. The highest BCUT2D eigenvalue weighted by Gasteiger charge is 2.14. The van der Waals surface area contributed by atoms with Crippen molar-refractivity contribution in [3.63, 3.8) is 0 Å². The Kier molecular flexibility index (Phi) is 10.9. The summed E-state index contributed by atoms with van der Waals surface area (Å²) in [4.78, 5) is 14.4. The quantitative estimate of drug-likeness (QED) is 0.524. The number of nitrogens with zero attached hydrogens (tertiary/aromatic N) is 1. The number of methoxy groups -OCH3 is 1. The van der Waals surface area contributed by atoms with E-state index in [-0.39, 0.29) is 30.7 Å². The second kappa shape index (κ2) is 11.7. The Morgan fingerprint density at radius 2 is 1.88 bits per heavy atom. The molecular weight excluding hydrogens is 397 g/mol. The Morgan fingerprint density at radius 3 is 2.50 bits per heavy atom. The molecule has 0 aliphatic carbocycles. The summed E-state index contributed by atoms with van der Waals surface area (Å²) in [6, 6.07) is 13.2. The molecule has 3 N–H and O–H groups in total. The normalized spacial score (nSPS) is 9.50. The SMILES string of the molecule is COc1cc(N)c(Cl)cc1C(=O)NCCCN(C)c1ccccc1.Cl.Cl. The zero-order chi connectivity index (χ0) is 17.5. The third kappa shape index (κ3) is 6.48. The van der Waals surface area contributed by atoms with Gasteiger partial charge in [0.05, 0.1) is 23.4 Å². The highest BCUT2D eigenvalue weighted by atomic mass is 35.5. The van der Waals surface area contributed by atoms with Crippen LogP contribution in [0.3, 0.4) is 0 Å². The molecule has 0 bridgehead atoms. The van der Waals surface area contributed by atoms with Crippen LogP contribution in [0.4, 0.5) is 11.4 Å². The van der Waals surface area contributed by atoms with Crippen LogP contribution in [0, 0.1) is 0 Å². The molecule has 0 aliphatic rings. The van der Waals surface area contributed by atoms with E-state index >= 15 is 0 Å². The van der Waals surface area contributed by atoms with Gasteiger partial charge in [0.1, 0.15) is 5.75 Å². The van der Waals surface area contributed by atoms with Crippen molar-refractivity contribution < 1.29 is 9.53 Å². The number of nitrogens with one attached hydrogen (secondary N) is 1. The molecule has 0 atom stereocenters. The Balaban J connectivity index is 0.00000312. The Morgan fingerprint density at radius 1 is 1.23 bits per heavy atom. The van der Waals surface area contributed by atoms with E-state index in [0.29, 0.717) is 28.6 Å². The standard InChI is InChI=1S/C18H22ClN3O2.2ClH/c1-22(13-7-4-3-5-8-13)10-6-9-21-18(23)14-11-15(19)16(20)12-17(14)24-2;;/h3-5,7-8,11-12H,6,9-10,20H2,1-2H3,(H,21,23);2*1H. The monoisotopic (exact) mass is 419 g/mol. The lowest BCUT2D eigenvalue weighted by Gasteiger charge is -2.19. The van der Waals surface area contributed by atoms with Gasteiger partial charge < -0.3 is 20.7 Å². The van der Waals surface area contributed by atoms with Crippen LogP contribution in [0.5, 0.6) is 5.75 Å². The molecule has 0 saturated heterocycles. The zero-order valence-electron chi connectivity index (χ0n) is 14.7. The summed E-state index contributed by atoms with van der Waals surface area (Å²) in [5.74, 6) is 0.187. The number of carbonyl (C=O) groups is 1. The molecule has 1 amide bonds. The average molecular weight is 421 g/mol. The lowest BCUT2D eigenvalue weighted by Crippen LogP contribution is -2.28. The second-order valence-electron chi connectivity index (χ2n) is 5.44. The highest BCUT2D eigenvalue weighted by molar-refractivity contribution is 6.33. The fourth-order valence-electron chi connectivity index (χ4n) is 2.34. The van der Waals surface area contributed by atoms with Crippen LogP contribution in [-0.4, -0.2) is 33.2 Å². The van der Waals surface area contributed by atoms with Crippen LogP contribution < -0.4 is 20.7 Å². The number of halogens is 3. The third-order valence-electron chi connectivity index (χ3n) is 3.72. The number of carbonyl (C=O) groups excluding carboxylic acids is 1.